The van der Waals surface area contributed by atoms with Crippen LogP contribution in [0.15, 0.2) is 29.4 Å². The van der Waals surface area contributed by atoms with Crippen LogP contribution in [0.5, 0.6) is 0 Å². The SMILES string of the molecule is Cc1ccc(Cl)c(C(C=NC(C)C)=CN)c1. The van der Waals surface area contributed by atoms with Gasteiger partial charge in [0, 0.05) is 34.6 Å². The molecule has 0 unspecified atom stereocenters. The molecule has 1 rings (SSSR count). The van der Waals surface area contributed by atoms with E-state index in [9.17, 15) is 0 Å². The molecule has 0 atom stereocenters. The maximum Gasteiger partial charge on any atom is 0.0485 e. The van der Waals surface area contributed by atoms with E-state index in [4.69, 9.17) is 17.3 Å². The Balaban J connectivity index is 3.10. The second kappa shape index (κ2) is 5.71. The van der Waals surface area contributed by atoms with Gasteiger partial charge >= 0.3 is 0 Å². The van der Waals surface area contributed by atoms with Crippen LogP contribution in [0.1, 0.15) is 25.0 Å². The molecule has 16 heavy (non-hydrogen) atoms. The highest BCUT2D eigenvalue weighted by Gasteiger charge is 2.04. The molecule has 0 saturated carbocycles. The minimum Gasteiger partial charge on any atom is -0.404 e. The van der Waals surface area contributed by atoms with E-state index < -0.39 is 0 Å². The van der Waals surface area contributed by atoms with Gasteiger partial charge in [0.05, 0.1) is 0 Å². The summed E-state index contributed by atoms with van der Waals surface area (Å²) in [5.74, 6) is 0. The second-order valence-electron chi connectivity index (χ2n) is 3.98. The maximum atomic E-state index is 6.13. The summed E-state index contributed by atoms with van der Waals surface area (Å²) in [5.41, 5.74) is 8.52. The van der Waals surface area contributed by atoms with E-state index in [1.165, 1.54) is 6.20 Å². The highest BCUT2D eigenvalue weighted by molar-refractivity contribution is 6.33. The van der Waals surface area contributed by atoms with E-state index in [2.05, 4.69) is 4.99 Å². The number of aryl methyl sites for hydroxylation is 1. The third kappa shape index (κ3) is 3.38. The highest BCUT2D eigenvalue weighted by Crippen LogP contribution is 2.23. The van der Waals surface area contributed by atoms with Crippen molar-refractivity contribution in [3.63, 3.8) is 0 Å². The minimum absolute atomic E-state index is 0.249. The third-order valence-electron chi connectivity index (χ3n) is 2.12. The van der Waals surface area contributed by atoms with Gasteiger partial charge in [-0.2, -0.15) is 0 Å². The van der Waals surface area contributed by atoms with Crippen molar-refractivity contribution < 1.29 is 0 Å². The minimum atomic E-state index is 0.249. The third-order valence-corrected chi connectivity index (χ3v) is 2.45. The molecule has 0 amide bonds. The summed E-state index contributed by atoms with van der Waals surface area (Å²) in [5, 5.41) is 0.692. The molecule has 0 aromatic heterocycles. The number of halogens is 1. The van der Waals surface area contributed by atoms with Gasteiger partial charge in [-0.25, -0.2) is 0 Å². The number of nitrogens with zero attached hydrogens (tertiary/aromatic N) is 1. The summed E-state index contributed by atoms with van der Waals surface area (Å²) in [7, 11) is 0. The van der Waals surface area contributed by atoms with Gasteiger partial charge in [-0.1, -0.05) is 23.2 Å². The first kappa shape index (κ1) is 12.8. The van der Waals surface area contributed by atoms with Crippen LogP contribution in [0.4, 0.5) is 0 Å². The molecule has 0 aliphatic carbocycles. The topological polar surface area (TPSA) is 38.4 Å². The van der Waals surface area contributed by atoms with Crippen LogP contribution in [-0.4, -0.2) is 12.3 Å². The largest absolute Gasteiger partial charge is 0.404 e. The molecule has 1 aromatic carbocycles. The average Bonchev–Trinajstić information content (AvgIpc) is 2.23. The molecule has 0 saturated heterocycles. The number of rotatable bonds is 3. The van der Waals surface area contributed by atoms with Crippen molar-refractivity contribution in [2.24, 2.45) is 10.7 Å². The van der Waals surface area contributed by atoms with Crippen molar-refractivity contribution >= 4 is 23.4 Å². The van der Waals surface area contributed by atoms with E-state index in [1.54, 1.807) is 6.21 Å². The molecular weight excluding hydrogens is 220 g/mol. The van der Waals surface area contributed by atoms with Crippen LogP contribution in [0.3, 0.4) is 0 Å². The zero-order valence-corrected chi connectivity index (χ0v) is 10.6. The van der Waals surface area contributed by atoms with Crippen molar-refractivity contribution in [1.82, 2.24) is 0 Å². The molecule has 2 N–H and O–H groups in total. The quantitative estimate of drug-likeness (QED) is 0.803. The fraction of sp³-hybridized carbons (Fsp3) is 0.308. The molecule has 2 nitrogen and oxygen atoms in total. The Morgan fingerprint density at radius 1 is 1.44 bits per heavy atom. The lowest BCUT2D eigenvalue weighted by Gasteiger charge is -2.06. The summed E-state index contributed by atoms with van der Waals surface area (Å²) in [6, 6.07) is 6.10. The van der Waals surface area contributed by atoms with Gasteiger partial charge in [0.25, 0.3) is 0 Å². The van der Waals surface area contributed by atoms with Crippen molar-refractivity contribution in [2.75, 3.05) is 0 Å². The lowest BCUT2D eigenvalue weighted by Crippen LogP contribution is -1.96. The van der Waals surface area contributed by atoms with E-state index >= 15 is 0 Å². The van der Waals surface area contributed by atoms with Gasteiger partial charge in [-0.15, -0.1) is 0 Å². The summed E-state index contributed by atoms with van der Waals surface area (Å²) >= 11 is 6.13. The summed E-state index contributed by atoms with van der Waals surface area (Å²) in [6.07, 6.45) is 3.30. The monoisotopic (exact) mass is 236 g/mol. The Morgan fingerprint density at radius 2 is 2.12 bits per heavy atom. The predicted molar refractivity (Wildman–Crippen MR) is 72.0 cm³/mol. The predicted octanol–water partition coefficient (Wildman–Crippen LogP) is 3.43. The molecule has 0 aliphatic heterocycles. The number of nitrogens with two attached hydrogens (primary N) is 1. The van der Waals surface area contributed by atoms with Gasteiger partial charge in [0.15, 0.2) is 0 Å². The first-order valence-corrected chi connectivity index (χ1v) is 5.64. The summed E-state index contributed by atoms with van der Waals surface area (Å²) in [6.45, 7) is 6.05. The van der Waals surface area contributed by atoms with E-state index in [-0.39, 0.29) is 6.04 Å². The molecule has 0 heterocycles. The number of hydrogen-bond acceptors (Lipinski definition) is 2. The Labute approximate surface area is 102 Å². The zero-order valence-electron chi connectivity index (χ0n) is 9.87. The van der Waals surface area contributed by atoms with Gasteiger partial charge in [-0.05, 0) is 32.9 Å². The Morgan fingerprint density at radius 3 is 2.69 bits per heavy atom. The lowest BCUT2D eigenvalue weighted by molar-refractivity contribution is 0.842. The molecular formula is C13H17ClN2. The first-order valence-electron chi connectivity index (χ1n) is 5.26. The second-order valence-corrected chi connectivity index (χ2v) is 4.38. The van der Waals surface area contributed by atoms with Gasteiger partial charge in [0.1, 0.15) is 0 Å². The Bertz CT molecular complexity index is 420. The molecule has 0 bridgehead atoms. The Kier molecular flexibility index (Phi) is 4.56. The van der Waals surface area contributed by atoms with Gasteiger partial charge in [0.2, 0.25) is 0 Å². The van der Waals surface area contributed by atoms with Crippen molar-refractivity contribution in [2.45, 2.75) is 26.8 Å². The van der Waals surface area contributed by atoms with E-state index in [0.717, 1.165) is 16.7 Å². The van der Waals surface area contributed by atoms with Gasteiger partial charge < -0.3 is 5.73 Å². The smallest absolute Gasteiger partial charge is 0.0485 e. The standard InChI is InChI=1S/C13H17ClN2/c1-9(2)16-8-11(7-15)12-6-10(3)4-5-13(12)14/h4-9H,15H2,1-3H3. The molecule has 0 radical (unpaired) electrons. The lowest BCUT2D eigenvalue weighted by atomic mass is 10.1. The molecule has 0 spiro atoms. The van der Waals surface area contributed by atoms with Crippen LogP contribution in [0, 0.1) is 6.92 Å². The number of benzene rings is 1. The summed E-state index contributed by atoms with van der Waals surface area (Å²) < 4.78 is 0. The molecule has 1 aromatic rings. The molecule has 0 fully saturated rings. The maximum absolute atomic E-state index is 6.13. The fourth-order valence-electron chi connectivity index (χ4n) is 1.29. The van der Waals surface area contributed by atoms with Crippen LogP contribution >= 0.6 is 11.6 Å². The van der Waals surface area contributed by atoms with Gasteiger partial charge in [-0.3, -0.25) is 4.99 Å². The highest BCUT2D eigenvalue weighted by atomic mass is 35.5. The summed E-state index contributed by atoms with van der Waals surface area (Å²) in [4.78, 5) is 4.31. The number of aliphatic imine (C=N–C) groups is 1. The van der Waals surface area contributed by atoms with Crippen molar-refractivity contribution in [3.05, 3.63) is 40.5 Å². The van der Waals surface area contributed by atoms with Crippen LogP contribution in [0.2, 0.25) is 5.02 Å². The molecule has 3 heteroatoms. The normalized spacial score (nSPS) is 12.7. The van der Waals surface area contributed by atoms with Crippen molar-refractivity contribution in [1.29, 1.82) is 0 Å². The first-order chi connectivity index (χ1) is 7.54. The van der Waals surface area contributed by atoms with Crippen LogP contribution in [0.25, 0.3) is 5.57 Å². The Hall–Kier alpha value is -1.28. The van der Waals surface area contributed by atoms with Crippen LogP contribution in [-0.2, 0) is 0 Å². The fourth-order valence-corrected chi connectivity index (χ4v) is 1.52. The van der Waals surface area contributed by atoms with Crippen molar-refractivity contribution in [3.8, 4) is 0 Å². The van der Waals surface area contributed by atoms with E-state index in [0.29, 0.717) is 5.02 Å². The van der Waals surface area contributed by atoms with Crippen LogP contribution < -0.4 is 5.73 Å². The van der Waals surface area contributed by atoms with E-state index in [1.807, 2.05) is 39.0 Å². The molecule has 86 valence electrons. The zero-order chi connectivity index (χ0) is 12.1. The average molecular weight is 237 g/mol. The number of hydrogen-bond donors (Lipinski definition) is 1. The number of allylic oxidation sites excluding steroid dienone is 1. The molecule has 0 aliphatic rings.